The molecule has 120 valence electrons. The third-order valence-electron chi connectivity index (χ3n) is 4.56. The Balaban J connectivity index is 1.46. The van der Waals surface area contributed by atoms with Crippen LogP contribution in [0.2, 0.25) is 0 Å². The van der Waals surface area contributed by atoms with Crippen molar-refractivity contribution in [2.45, 2.75) is 12.8 Å². The van der Waals surface area contributed by atoms with Crippen LogP contribution < -0.4 is 0 Å². The monoisotopic (exact) mass is 324 g/mol. The van der Waals surface area contributed by atoms with Gasteiger partial charge < -0.3 is 4.40 Å². The number of fused-ring (bicyclic) bond motifs is 4. The van der Waals surface area contributed by atoms with Crippen molar-refractivity contribution in [3.05, 3.63) is 84.6 Å². The van der Waals surface area contributed by atoms with Crippen LogP contribution in [0.3, 0.4) is 0 Å². The lowest BCUT2D eigenvalue weighted by atomic mass is 10.1. The third-order valence-corrected chi connectivity index (χ3v) is 4.56. The molecule has 0 spiro atoms. The predicted molar refractivity (Wildman–Crippen MR) is 99.6 cm³/mol. The molecule has 0 radical (unpaired) electrons. The van der Waals surface area contributed by atoms with Crippen molar-refractivity contribution in [1.29, 1.82) is 0 Å². The van der Waals surface area contributed by atoms with Crippen molar-refractivity contribution >= 4 is 27.5 Å². The van der Waals surface area contributed by atoms with Gasteiger partial charge in [0.1, 0.15) is 5.65 Å². The molecule has 0 aliphatic carbocycles. The Hall–Kier alpha value is -3.27. The summed E-state index contributed by atoms with van der Waals surface area (Å²) in [6.45, 7) is 0. The van der Waals surface area contributed by atoms with Gasteiger partial charge in [-0.1, -0.05) is 24.3 Å². The number of imidazole rings is 1. The van der Waals surface area contributed by atoms with Crippen LogP contribution in [0.5, 0.6) is 0 Å². The summed E-state index contributed by atoms with van der Waals surface area (Å²) in [7, 11) is 0. The number of pyridine rings is 3. The minimum atomic E-state index is 0.806. The smallest absolute Gasteiger partial charge is 0.159 e. The summed E-state index contributed by atoms with van der Waals surface area (Å²) >= 11 is 0. The normalized spacial score (nSPS) is 11.5. The van der Waals surface area contributed by atoms with Gasteiger partial charge in [-0.25, -0.2) is 15.0 Å². The average molecular weight is 324 g/mol. The number of aryl methyl sites for hydroxylation is 2. The van der Waals surface area contributed by atoms with E-state index in [1.165, 1.54) is 10.8 Å². The molecule has 0 unspecified atom stereocenters. The minimum absolute atomic E-state index is 0.806. The lowest BCUT2D eigenvalue weighted by molar-refractivity contribution is 0.894. The molecule has 0 atom stereocenters. The zero-order chi connectivity index (χ0) is 16.6. The van der Waals surface area contributed by atoms with Gasteiger partial charge in [-0.15, -0.1) is 0 Å². The maximum absolute atomic E-state index is 4.84. The highest BCUT2D eigenvalue weighted by Gasteiger charge is 2.07. The van der Waals surface area contributed by atoms with E-state index in [0.717, 1.165) is 40.9 Å². The first kappa shape index (κ1) is 14.1. The number of hydrogen-bond donors (Lipinski definition) is 0. The molecule has 4 heteroatoms. The van der Waals surface area contributed by atoms with Crippen molar-refractivity contribution in [3.8, 4) is 0 Å². The molecule has 5 aromatic rings. The highest BCUT2D eigenvalue weighted by Crippen LogP contribution is 2.20. The Kier molecular flexibility index (Phi) is 3.20. The fraction of sp³-hybridized carbons (Fsp3) is 0.0952. The second kappa shape index (κ2) is 5.67. The van der Waals surface area contributed by atoms with Crippen LogP contribution in [0.25, 0.3) is 27.5 Å². The van der Waals surface area contributed by atoms with Gasteiger partial charge in [-0.3, -0.25) is 0 Å². The number of benzene rings is 1. The first-order chi connectivity index (χ1) is 12.4. The van der Waals surface area contributed by atoms with Crippen molar-refractivity contribution < 1.29 is 0 Å². The van der Waals surface area contributed by atoms with Gasteiger partial charge in [0.25, 0.3) is 0 Å². The SMILES string of the molecule is c1cnc2nc(CCc3cn4ccc5ccccc5c4n3)ccc2c1. The molecule has 4 heterocycles. The van der Waals surface area contributed by atoms with Gasteiger partial charge in [0, 0.05) is 35.1 Å². The Bertz CT molecular complexity index is 1210. The van der Waals surface area contributed by atoms with Crippen molar-refractivity contribution in [1.82, 2.24) is 19.4 Å². The molecule has 0 aliphatic heterocycles. The Morgan fingerprint density at radius 3 is 2.64 bits per heavy atom. The lowest BCUT2D eigenvalue weighted by Crippen LogP contribution is -1.96. The molecule has 0 amide bonds. The maximum atomic E-state index is 4.84. The molecule has 0 fully saturated rings. The second-order valence-corrected chi connectivity index (χ2v) is 6.22. The zero-order valence-corrected chi connectivity index (χ0v) is 13.6. The van der Waals surface area contributed by atoms with Gasteiger partial charge in [-0.2, -0.15) is 0 Å². The Morgan fingerprint density at radius 2 is 1.64 bits per heavy atom. The van der Waals surface area contributed by atoms with Gasteiger partial charge in [-0.05, 0) is 48.6 Å². The molecule has 0 saturated heterocycles. The van der Waals surface area contributed by atoms with Crippen molar-refractivity contribution in [2.24, 2.45) is 0 Å². The Morgan fingerprint density at radius 1 is 0.760 bits per heavy atom. The molecule has 0 aliphatic rings. The number of aromatic nitrogens is 4. The standard InChI is InChI=1S/C21H16N4/c1-2-6-19-15(4-1)11-13-25-14-18(24-21(19)25)10-9-17-8-7-16-5-3-12-22-20(16)23-17/h1-8,11-14H,9-10H2. The predicted octanol–water partition coefficient (Wildman–Crippen LogP) is 4.22. The van der Waals surface area contributed by atoms with E-state index in [1.807, 2.05) is 12.1 Å². The van der Waals surface area contributed by atoms with Crippen LogP contribution in [-0.2, 0) is 12.8 Å². The summed E-state index contributed by atoms with van der Waals surface area (Å²) in [4.78, 5) is 13.8. The van der Waals surface area contributed by atoms with Crippen LogP contribution in [0.1, 0.15) is 11.4 Å². The number of rotatable bonds is 3. The molecular weight excluding hydrogens is 308 g/mol. The molecule has 0 bridgehead atoms. The average Bonchev–Trinajstić information content (AvgIpc) is 3.10. The number of hydrogen-bond acceptors (Lipinski definition) is 3. The van der Waals surface area contributed by atoms with Gasteiger partial charge in [0.2, 0.25) is 0 Å². The molecule has 25 heavy (non-hydrogen) atoms. The van der Waals surface area contributed by atoms with Crippen molar-refractivity contribution in [3.63, 3.8) is 0 Å². The Labute approximate surface area is 144 Å². The summed E-state index contributed by atoms with van der Waals surface area (Å²) in [5, 5.41) is 3.48. The summed E-state index contributed by atoms with van der Waals surface area (Å²) in [5.74, 6) is 0. The lowest BCUT2D eigenvalue weighted by Gasteiger charge is -2.01. The molecular formula is C21H16N4. The van der Waals surface area contributed by atoms with E-state index >= 15 is 0 Å². The number of nitrogens with zero attached hydrogens (tertiary/aromatic N) is 4. The van der Waals surface area contributed by atoms with E-state index in [9.17, 15) is 0 Å². The van der Waals surface area contributed by atoms with Gasteiger partial charge in [0.05, 0.1) is 5.69 Å². The van der Waals surface area contributed by atoms with E-state index in [4.69, 9.17) is 4.98 Å². The van der Waals surface area contributed by atoms with E-state index in [2.05, 4.69) is 69.2 Å². The van der Waals surface area contributed by atoms with E-state index in [1.54, 1.807) is 6.20 Å². The van der Waals surface area contributed by atoms with Crippen LogP contribution in [0.4, 0.5) is 0 Å². The van der Waals surface area contributed by atoms with Crippen molar-refractivity contribution in [2.75, 3.05) is 0 Å². The topological polar surface area (TPSA) is 43.1 Å². The van der Waals surface area contributed by atoms with Gasteiger partial charge >= 0.3 is 0 Å². The third kappa shape index (κ3) is 2.52. The molecule has 0 saturated carbocycles. The summed E-state index contributed by atoms with van der Waals surface area (Å²) in [6, 6.07) is 18.6. The van der Waals surface area contributed by atoms with E-state index in [0.29, 0.717) is 0 Å². The van der Waals surface area contributed by atoms with Crippen LogP contribution >= 0.6 is 0 Å². The molecule has 0 N–H and O–H groups in total. The molecule has 5 rings (SSSR count). The second-order valence-electron chi connectivity index (χ2n) is 6.22. The van der Waals surface area contributed by atoms with E-state index in [-0.39, 0.29) is 0 Å². The fourth-order valence-electron chi connectivity index (χ4n) is 3.27. The highest BCUT2D eigenvalue weighted by atomic mass is 15.0. The first-order valence-electron chi connectivity index (χ1n) is 8.43. The summed E-state index contributed by atoms with van der Waals surface area (Å²) < 4.78 is 2.10. The molecule has 4 nitrogen and oxygen atoms in total. The summed E-state index contributed by atoms with van der Waals surface area (Å²) in [6.07, 6.45) is 7.69. The first-order valence-corrected chi connectivity index (χ1v) is 8.43. The highest BCUT2D eigenvalue weighted by molar-refractivity contribution is 5.93. The van der Waals surface area contributed by atoms with Crippen LogP contribution in [0.15, 0.2) is 73.2 Å². The van der Waals surface area contributed by atoms with E-state index < -0.39 is 0 Å². The molecule has 1 aromatic carbocycles. The quantitative estimate of drug-likeness (QED) is 0.499. The van der Waals surface area contributed by atoms with Crippen LogP contribution in [-0.4, -0.2) is 19.4 Å². The van der Waals surface area contributed by atoms with Gasteiger partial charge in [0.15, 0.2) is 5.65 Å². The minimum Gasteiger partial charge on any atom is -0.306 e. The molecule has 4 aromatic heterocycles. The largest absolute Gasteiger partial charge is 0.306 e. The fourth-order valence-corrected chi connectivity index (χ4v) is 3.27. The van der Waals surface area contributed by atoms with Crippen LogP contribution in [0, 0.1) is 0 Å². The maximum Gasteiger partial charge on any atom is 0.159 e. The summed E-state index contributed by atoms with van der Waals surface area (Å²) in [5.41, 5.74) is 3.95. The zero-order valence-electron chi connectivity index (χ0n) is 13.6.